The van der Waals surface area contributed by atoms with Crippen LogP contribution in [0.2, 0.25) is 6.04 Å². The number of halogens is 3. The first-order valence-corrected chi connectivity index (χ1v) is 10.1. The Labute approximate surface area is 111 Å². The van der Waals surface area contributed by atoms with Gasteiger partial charge >= 0.3 is 6.00 Å². The van der Waals surface area contributed by atoms with E-state index in [4.69, 9.17) is 42.7 Å². The summed E-state index contributed by atoms with van der Waals surface area (Å²) >= 11 is 17.3. The maximum absolute atomic E-state index is 5.75. The molecule has 0 aliphatic carbocycles. The molecule has 0 radical (unpaired) electrons. The predicted octanol–water partition coefficient (Wildman–Crippen LogP) is 4.12. The Morgan fingerprint density at radius 3 is 2.12 bits per heavy atom. The summed E-state index contributed by atoms with van der Waals surface area (Å²) in [5, 5.41) is 0. The minimum atomic E-state index is -2.49. The maximum atomic E-state index is 5.75. The van der Waals surface area contributed by atoms with Gasteiger partial charge in [0.2, 0.25) is 0 Å². The summed E-state index contributed by atoms with van der Waals surface area (Å²) in [4.78, 5) is 0. The standard InChI is InChI=1S/C10H13Cl3O2Si/c1-14-9-3-5-10(6-4-9)15-7-2-8-16(11,12)13/h3-6H,2,7-8H2,1H3. The van der Waals surface area contributed by atoms with E-state index in [1.54, 1.807) is 7.11 Å². The number of hydrogen-bond donors (Lipinski definition) is 0. The Morgan fingerprint density at radius 2 is 1.62 bits per heavy atom. The second-order valence-electron chi connectivity index (χ2n) is 3.24. The maximum Gasteiger partial charge on any atom is 0.341 e. The van der Waals surface area contributed by atoms with Crippen LogP contribution in [0.4, 0.5) is 0 Å². The zero-order valence-electron chi connectivity index (χ0n) is 8.88. The van der Waals surface area contributed by atoms with Crippen molar-refractivity contribution in [2.24, 2.45) is 0 Å². The molecule has 2 nitrogen and oxygen atoms in total. The molecular weight excluding hydrogens is 287 g/mol. The van der Waals surface area contributed by atoms with Gasteiger partial charge in [0.1, 0.15) is 11.5 Å². The lowest BCUT2D eigenvalue weighted by Gasteiger charge is -2.09. The van der Waals surface area contributed by atoms with Gasteiger partial charge in [0.05, 0.1) is 13.7 Å². The molecule has 0 heterocycles. The number of benzene rings is 1. The molecule has 0 spiro atoms. The zero-order valence-corrected chi connectivity index (χ0v) is 12.1. The molecule has 1 aromatic rings. The van der Waals surface area contributed by atoms with E-state index in [0.717, 1.165) is 17.9 Å². The van der Waals surface area contributed by atoms with Crippen molar-refractivity contribution in [1.82, 2.24) is 0 Å². The van der Waals surface area contributed by atoms with Crippen LogP contribution >= 0.6 is 33.2 Å². The molecule has 0 fully saturated rings. The van der Waals surface area contributed by atoms with Gasteiger partial charge in [-0.2, -0.15) is 0 Å². The van der Waals surface area contributed by atoms with Crippen LogP contribution < -0.4 is 9.47 Å². The monoisotopic (exact) mass is 298 g/mol. The Kier molecular flexibility index (Phi) is 5.76. The zero-order chi connectivity index (χ0) is 12.0. The molecule has 90 valence electrons. The quantitative estimate of drug-likeness (QED) is 0.447. The molecule has 1 rings (SSSR count). The van der Waals surface area contributed by atoms with Crippen LogP contribution in [0.25, 0.3) is 0 Å². The van der Waals surface area contributed by atoms with Gasteiger partial charge in [-0.3, -0.25) is 0 Å². The minimum Gasteiger partial charge on any atom is -0.497 e. The smallest absolute Gasteiger partial charge is 0.341 e. The van der Waals surface area contributed by atoms with E-state index in [1.807, 2.05) is 24.3 Å². The van der Waals surface area contributed by atoms with E-state index >= 15 is 0 Å². The average Bonchev–Trinajstić information content (AvgIpc) is 2.24. The fourth-order valence-corrected chi connectivity index (χ4v) is 2.88. The van der Waals surface area contributed by atoms with Crippen LogP contribution in [0, 0.1) is 0 Å². The molecule has 0 saturated heterocycles. The van der Waals surface area contributed by atoms with Gasteiger partial charge in [0, 0.05) is 0 Å². The van der Waals surface area contributed by atoms with Crippen molar-refractivity contribution >= 4 is 39.2 Å². The summed E-state index contributed by atoms with van der Waals surface area (Å²) in [6.45, 7) is 0.563. The Bertz CT molecular complexity index is 311. The van der Waals surface area contributed by atoms with Gasteiger partial charge < -0.3 is 9.47 Å². The predicted molar refractivity (Wildman–Crippen MR) is 71.2 cm³/mol. The molecule has 0 unspecified atom stereocenters. The summed E-state index contributed by atoms with van der Waals surface area (Å²) in [6, 6.07) is 5.52. The van der Waals surface area contributed by atoms with Crippen LogP contribution in [0.3, 0.4) is 0 Å². The molecular formula is C10H13Cl3O2Si. The van der Waals surface area contributed by atoms with Crippen LogP contribution in [-0.4, -0.2) is 19.7 Å². The Morgan fingerprint density at radius 1 is 1.06 bits per heavy atom. The Balaban J connectivity index is 2.27. The van der Waals surface area contributed by atoms with Crippen LogP contribution in [0.15, 0.2) is 24.3 Å². The van der Waals surface area contributed by atoms with Gasteiger partial charge in [0.25, 0.3) is 0 Å². The lowest BCUT2D eigenvalue weighted by Crippen LogP contribution is -2.10. The van der Waals surface area contributed by atoms with Gasteiger partial charge in [-0.1, -0.05) is 0 Å². The van der Waals surface area contributed by atoms with Crippen molar-refractivity contribution in [2.45, 2.75) is 12.5 Å². The lowest BCUT2D eigenvalue weighted by molar-refractivity contribution is 0.316. The summed E-state index contributed by atoms with van der Waals surface area (Å²) in [5.74, 6) is 1.60. The summed E-state index contributed by atoms with van der Waals surface area (Å²) in [5.41, 5.74) is 0. The number of rotatable bonds is 6. The molecule has 1 aromatic carbocycles. The van der Waals surface area contributed by atoms with Crippen molar-refractivity contribution in [2.75, 3.05) is 13.7 Å². The second-order valence-corrected chi connectivity index (χ2v) is 12.5. The van der Waals surface area contributed by atoms with Gasteiger partial charge in [-0.05, 0) is 36.7 Å². The largest absolute Gasteiger partial charge is 0.497 e. The number of hydrogen-bond acceptors (Lipinski definition) is 2. The molecule has 0 bridgehead atoms. The third-order valence-electron chi connectivity index (χ3n) is 1.93. The first-order chi connectivity index (χ1) is 7.51. The number of methoxy groups -OCH3 is 1. The van der Waals surface area contributed by atoms with E-state index in [2.05, 4.69) is 0 Å². The van der Waals surface area contributed by atoms with Crippen molar-refractivity contribution in [3.8, 4) is 11.5 Å². The highest BCUT2D eigenvalue weighted by Crippen LogP contribution is 2.26. The third kappa shape index (κ3) is 5.85. The minimum absolute atomic E-state index is 0.563. The average molecular weight is 300 g/mol. The molecule has 6 heteroatoms. The highest BCUT2D eigenvalue weighted by Gasteiger charge is 2.23. The summed E-state index contributed by atoms with van der Waals surface area (Å²) in [6.07, 6.45) is 0.759. The van der Waals surface area contributed by atoms with E-state index in [0.29, 0.717) is 12.7 Å². The molecule has 0 N–H and O–H groups in total. The van der Waals surface area contributed by atoms with Crippen molar-refractivity contribution < 1.29 is 9.47 Å². The fraction of sp³-hybridized carbons (Fsp3) is 0.400. The van der Waals surface area contributed by atoms with Crippen LogP contribution in [-0.2, 0) is 0 Å². The molecule has 0 aliphatic heterocycles. The molecule has 0 aliphatic rings. The molecule has 0 atom stereocenters. The number of ether oxygens (including phenoxy) is 2. The molecule has 0 aromatic heterocycles. The molecule has 0 amide bonds. The first kappa shape index (κ1) is 14.0. The van der Waals surface area contributed by atoms with E-state index in [1.165, 1.54) is 0 Å². The SMILES string of the molecule is COc1ccc(OCCC[Si](Cl)(Cl)Cl)cc1. The van der Waals surface area contributed by atoms with Gasteiger partial charge in [0.15, 0.2) is 0 Å². The fourth-order valence-electron chi connectivity index (χ4n) is 1.13. The van der Waals surface area contributed by atoms with E-state index < -0.39 is 6.00 Å². The van der Waals surface area contributed by atoms with Crippen molar-refractivity contribution in [3.05, 3.63) is 24.3 Å². The molecule has 0 saturated carbocycles. The van der Waals surface area contributed by atoms with Crippen molar-refractivity contribution in [3.63, 3.8) is 0 Å². The highest BCUT2D eigenvalue weighted by molar-refractivity contribution is 7.64. The first-order valence-electron chi connectivity index (χ1n) is 4.85. The summed E-state index contributed by atoms with van der Waals surface area (Å²) < 4.78 is 10.5. The lowest BCUT2D eigenvalue weighted by atomic mass is 10.3. The topological polar surface area (TPSA) is 18.5 Å². The van der Waals surface area contributed by atoms with E-state index in [-0.39, 0.29) is 0 Å². The summed E-state index contributed by atoms with van der Waals surface area (Å²) in [7, 11) is 1.63. The highest BCUT2D eigenvalue weighted by atomic mass is 35.8. The second kappa shape index (κ2) is 6.60. The molecule has 16 heavy (non-hydrogen) atoms. The van der Waals surface area contributed by atoms with Crippen LogP contribution in [0.5, 0.6) is 11.5 Å². The van der Waals surface area contributed by atoms with Gasteiger partial charge in [-0.25, -0.2) is 0 Å². The van der Waals surface area contributed by atoms with E-state index in [9.17, 15) is 0 Å². The normalized spacial score (nSPS) is 11.2. The Hall–Kier alpha value is -0.0931. The van der Waals surface area contributed by atoms with Crippen LogP contribution in [0.1, 0.15) is 6.42 Å². The third-order valence-corrected chi connectivity index (χ3v) is 4.55. The van der Waals surface area contributed by atoms with Gasteiger partial charge in [-0.15, -0.1) is 33.2 Å². The van der Waals surface area contributed by atoms with Crippen molar-refractivity contribution in [1.29, 1.82) is 0 Å².